The Morgan fingerprint density at radius 1 is 0.169 bits per heavy atom. The van der Waals surface area contributed by atoms with Gasteiger partial charge in [0.25, 0.3) is 0 Å². The van der Waals surface area contributed by atoms with Gasteiger partial charge in [-0.2, -0.15) is 0 Å². The van der Waals surface area contributed by atoms with Gasteiger partial charge < -0.3 is 0 Å². The molecule has 0 unspecified atom stereocenters. The van der Waals surface area contributed by atoms with Crippen LogP contribution in [0.15, 0.2) is 22.7 Å². The van der Waals surface area contributed by atoms with Crippen molar-refractivity contribution in [3.05, 3.63) is 33.3 Å². The zero-order chi connectivity index (χ0) is 84.7. The second kappa shape index (κ2) is 133. The highest BCUT2D eigenvalue weighted by atomic mass is 79.9. The van der Waals surface area contributed by atoms with Crippen molar-refractivity contribution in [1.82, 2.24) is 0 Å². The summed E-state index contributed by atoms with van der Waals surface area (Å²) in [4.78, 5) is 0. The van der Waals surface area contributed by atoms with Crippen LogP contribution < -0.4 is 0 Å². The minimum absolute atomic E-state index is 0.559. The summed E-state index contributed by atoms with van der Waals surface area (Å²) in [6.07, 6.45) is 0. The predicted molar refractivity (Wildman–Crippen MR) is 841 cm³/mol. The molecule has 0 spiro atoms. The standard InChI is InChI=1S/C9H10BrCl.S107/c1-6(2)7-3-4-9(11)8(10)5-7;1-3-5-7-9-11-13-15-17-19-21-23-25-27-29-31-33-35-37-39-41-43-45-47-49-51-53-55-57-59-61-63-65-67-69-71-73-75-77-79-81-83-85-87-89-91-93-95-97-99-101-103-105-107-106-104-102-100-98-96-94-92-90-88-86-84-82-80-78-76-74-72-70-68-66-64-62-60-58-56-54-52-50-48-46-44-42-40-38-36-34-32-30-28-26-24-22-20-18-16-14-12-10-8-6-4-2/h3-6H,1-2H3;. The molecule has 0 saturated heterocycles. The van der Waals surface area contributed by atoms with Crippen LogP contribution >= 0.6 is 27.5 Å². The number of halogens is 2. The van der Waals surface area contributed by atoms with Crippen molar-refractivity contribution >= 4 is 982 Å². The number of hydrogen-bond acceptors (Lipinski definition) is 2. The summed E-state index contributed by atoms with van der Waals surface area (Å²) in [6, 6.07) is 6.03. The summed E-state index contributed by atoms with van der Waals surface area (Å²) in [6.45, 7) is 4.32. The van der Waals surface area contributed by atoms with Gasteiger partial charge in [-0.15, -0.1) is 0 Å². The molecular weight excluding hydrogens is 3650 g/mol. The molecule has 0 nitrogen and oxygen atoms in total. The lowest BCUT2D eigenvalue weighted by molar-refractivity contribution is 0.866. The Kier molecular flexibility index (Phi) is 159. The first-order valence-electron chi connectivity index (χ1n) is 21.2. The Labute approximate surface area is 1000 Å². The molecule has 0 N–H and O–H groups in total. The zero-order valence-corrected chi connectivity index (χ0v) is 140. The molecule has 0 atom stereocenters. The van der Waals surface area contributed by atoms with E-state index in [0.717, 1.165) is 9.50 Å². The van der Waals surface area contributed by atoms with Gasteiger partial charge in [0.15, 0.2) is 0 Å². The molecule has 0 amide bonds. The minimum atomic E-state index is 0.559. The van der Waals surface area contributed by atoms with Crippen molar-refractivity contribution in [1.29, 1.82) is 0 Å². The molecule has 0 radical (unpaired) electrons. The molecule has 1 aromatic rings. The molecule has 0 heterocycles. The van der Waals surface area contributed by atoms with Crippen LogP contribution in [0.3, 0.4) is 0 Å². The zero-order valence-electron chi connectivity index (χ0n) is 50.2. The average molecular weight is 3660 g/mol. The fourth-order valence-corrected chi connectivity index (χ4v) is 285. The molecule has 118 heavy (non-hydrogen) atoms. The summed E-state index contributed by atoms with van der Waals surface area (Å²) in [5.74, 6) is 0.559. The smallest absolute Gasteiger partial charge is 0.0548 e. The lowest BCUT2D eigenvalue weighted by Crippen LogP contribution is -1.85. The first kappa shape index (κ1) is 142. The van der Waals surface area contributed by atoms with Crippen molar-refractivity contribution in [2.75, 3.05) is 0 Å². The van der Waals surface area contributed by atoms with Crippen LogP contribution in [0.25, 0.3) is 0 Å². The molecule has 0 bridgehead atoms. The molecule has 109 heteroatoms. The molecule has 1 aromatic carbocycles. The Bertz CT molecular complexity index is 8700. The van der Waals surface area contributed by atoms with Crippen molar-refractivity contribution < 1.29 is 0 Å². The Hall–Kier alpha value is 23.5. The number of hydrogen-bond donors (Lipinski definition) is 0. The third-order valence-corrected chi connectivity index (χ3v) is 237. The van der Waals surface area contributed by atoms with E-state index < -0.39 is 0 Å². The average Bonchev–Trinajstić information content (AvgIpc) is 0.879. The van der Waals surface area contributed by atoms with E-state index >= 15 is 0 Å². The van der Waals surface area contributed by atoms with Crippen molar-refractivity contribution in [2.45, 2.75) is 19.8 Å². The molecule has 1 rings (SSSR count). The first-order valence-corrected chi connectivity index (χ1v) is 164. The van der Waals surface area contributed by atoms with Crippen molar-refractivity contribution in [3.63, 3.8) is 0 Å². The SMILES string of the molecule is CC(C)c1ccc(Cl)c(Br)c1.S=S=S=S=S=S=S=S=S=S=S=S=S=S=S=S=S=S=S=S=S=S=S=S=S=S=S=S=S=S=S=S=S=S=S=S=S=S=S=S=S=S=S=S=S=S=S=S=S=S=S=S=S=S=S=S=S=S=S=S=S=S=S=S=S=S=S=S=S=S=S=S=S=S=S=S=S=S=S=S=S=S=S=S=S=S=S=S=S=S=S=S=S=S=S=S=S=S=S=S=S=S=S=S=S=S=S. The Morgan fingerprint density at radius 2 is 0.254 bits per heavy atom. The lowest BCUT2D eigenvalue weighted by atomic mass is 10.0. The summed E-state index contributed by atoms with van der Waals surface area (Å²) in [7, 11) is 190. The monoisotopic (exact) mass is 3650 g/mol. The van der Waals surface area contributed by atoms with Crippen molar-refractivity contribution in [3.8, 4) is 0 Å². The maximum Gasteiger partial charge on any atom is 0.0548 e. The van der Waals surface area contributed by atoms with Gasteiger partial charge in [0.05, 0.1) is 5.02 Å². The van der Waals surface area contributed by atoms with Crippen LogP contribution in [0.2, 0.25) is 5.02 Å². The molecule has 0 saturated carbocycles. The van der Waals surface area contributed by atoms with Gasteiger partial charge in [-0.25, -0.2) is 0 Å². The van der Waals surface area contributed by atoms with E-state index in [1.54, 1.807) is 107 Å². The van der Waals surface area contributed by atoms with Crippen LogP contribution in [0, 0.1) is 0 Å². The largest absolute Gasteiger partial charge is 0.0831 e. The first-order chi connectivity index (χ1) is 58.5. The summed E-state index contributed by atoms with van der Waals surface area (Å²) < 4.78 is 0.977. The summed E-state index contributed by atoms with van der Waals surface area (Å²) in [5.41, 5.74) is 1.31. The normalized spacial score (nSPS) is 8.14. The third-order valence-electron chi connectivity index (χ3n) is 4.50. The highest BCUT2D eigenvalue weighted by Gasteiger charge is 2.01. The molecule has 0 aliphatic rings. The molecule has 0 aliphatic heterocycles. The van der Waals surface area contributed by atoms with Gasteiger partial charge in [-0.05, 0) is 39.5 Å². The van der Waals surface area contributed by atoms with Gasteiger partial charge >= 0.3 is 0 Å². The van der Waals surface area contributed by atoms with Crippen LogP contribution in [0.5, 0.6) is 0 Å². The van der Waals surface area contributed by atoms with Gasteiger partial charge in [-0.3, -0.25) is 0 Å². The van der Waals surface area contributed by atoms with Gasteiger partial charge in [0, 0.05) is 959 Å². The highest BCUT2D eigenvalue weighted by Crippen LogP contribution is 2.26. The second-order valence-electron chi connectivity index (χ2n) is 9.97. The van der Waals surface area contributed by atoms with Gasteiger partial charge in [0.2, 0.25) is 0 Å². The van der Waals surface area contributed by atoms with E-state index in [9.17, 15) is 0 Å². The van der Waals surface area contributed by atoms with E-state index in [1.807, 2.05) is 814 Å². The molecule has 0 aliphatic carbocycles. The maximum atomic E-state index is 5.84. The van der Waals surface area contributed by atoms with E-state index in [1.165, 1.54) is 23.3 Å². The Morgan fingerprint density at radius 3 is 0.322 bits per heavy atom. The highest BCUT2D eigenvalue weighted by molar-refractivity contribution is 9.10. The van der Waals surface area contributed by atoms with Crippen LogP contribution in [-0.2, 0) is 955 Å². The molecule has 0 fully saturated rings. The maximum absolute atomic E-state index is 5.84. The van der Waals surface area contributed by atoms with Crippen LogP contribution in [0.1, 0.15) is 25.3 Å². The molecule has 702 valence electrons. The van der Waals surface area contributed by atoms with Crippen molar-refractivity contribution in [2.24, 2.45) is 0 Å². The fraction of sp³-hybridized carbons (Fsp3) is 0.333. The van der Waals surface area contributed by atoms with Crippen LogP contribution in [0.4, 0.5) is 0 Å². The fourth-order valence-electron chi connectivity index (χ4n) is 2.04. The van der Waals surface area contributed by atoms with Gasteiger partial charge in [-0.1, -0.05) is 31.5 Å². The second-order valence-corrected chi connectivity index (χ2v) is 197. The van der Waals surface area contributed by atoms with E-state index in [-0.39, 0.29) is 0 Å². The third kappa shape index (κ3) is 128. The number of benzene rings is 1. The summed E-state index contributed by atoms with van der Waals surface area (Å²) >= 11 is 18.9. The topological polar surface area (TPSA) is 0 Å². The quantitative estimate of drug-likeness (QED) is 0.419. The number of rotatable bonds is 1. The minimum Gasteiger partial charge on any atom is -0.0831 e. The van der Waals surface area contributed by atoms with Gasteiger partial charge in [0.1, 0.15) is 0 Å². The summed E-state index contributed by atoms with van der Waals surface area (Å²) in [5, 5.41) is 0.773. The predicted octanol–water partition coefficient (Wildman–Crippen LogP) is 3.97. The van der Waals surface area contributed by atoms with Crippen LogP contribution in [-0.4, -0.2) is 0 Å². The van der Waals surface area contributed by atoms with E-state index in [0.29, 0.717) is 5.92 Å². The lowest BCUT2D eigenvalue weighted by Gasteiger charge is -2.05. The Balaban J connectivity index is 0.0000114. The van der Waals surface area contributed by atoms with E-state index in [4.69, 9.17) is 34.0 Å². The van der Waals surface area contributed by atoms with E-state index in [2.05, 4.69) is 41.9 Å². The molecular formula is C9H10BrClS107. The molecule has 0 aromatic heterocycles.